The number of likely N-dealkylation sites (tertiary alicyclic amines) is 1. The Labute approximate surface area is 132 Å². The maximum absolute atomic E-state index is 13.6. The van der Waals surface area contributed by atoms with Gasteiger partial charge in [0, 0.05) is 51.9 Å². The van der Waals surface area contributed by atoms with Crippen molar-refractivity contribution in [1.29, 1.82) is 0 Å². The molecule has 0 aromatic heterocycles. The molecule has 5 heteroatoms. The smallest absolute Gasteiger partial charge is 0.126 e. The van der Waals surface area contributed by atoms with Crippen molar-refractivity contribution in [2.45, 2.75) is 25.9 Å². The Hall–Kier alpha value is -0.680. The first kappa shape index (κ1) is 16.7. The Morgan fingerprint density at radius 1 is 1.24 bits per heavy atom. The largest absolute Gasteiger partial charge is 0.314 e. The van der Waals surface area contributed by atoms with Crippen LogP contribution in [0.1, 0.15) is 17.5 Å². The van der Waals surface area contributed by atoms with Gasteiger partial charge in [-0.05, 0) is 30.5 Å². The maximum Gasteiger partial charge on any atom is 0.126 e. The summed E-state index contributed by atoms with van der Waals surface area (Å²) in [5.41, 5.74) is 1.82. The number of hydrogen-bond donors (Lipinski definition) is 1. The van der Waals surface area contributed by atoms with Crippen LogP contribution < -0.4 is 5.32 Å². The maximum atomic E-state index is 13.6. The molecule has 1 unspecified atom stereocenters. The lowest BCUT2D eigenvalue weighted by atomic mass is 10.1. The van der Waals surface area contributed by atoms with Crippen LogP contribution in [0.2, 0.25) is 0 Å². The number of halogens is 2. The van der Waals surface area contributed by atoms with Gasteiger partial charge in [-0.25, -0.2) is 4.39 Å². The molecule has 2 heterocycles. The molecule has 2 fully saturated rings. The van der Waals surface area contributed by atoms with Gasteiger partial charge >= 0.3 is 0 Å². The van der Waals surface area contributed by atoms with E-state index in [1.165, 1.54) is 6.42 Å². The summed E-state index contributed by atoms with van der Waals surface area (Å²) in [6.45, 7) is 9.49. The summed E-state index contributed by atoms with van der Waals surface area (Å²) in [6, 6.07) is 6.31. The third-order valence-corrected chi connectivity index (χ3v) is 4.56. The fourth-order valence-electron chi connectivity index (χ4n) is 3.29. The van der Waals surface area contributed by atoms with E-state index in [4.69, 9.17) is 0 Å². The highest BCUT2D eigenvalue weighted by Gasteiger charge is 2.28. The van der Waals surface area contributed by atoms with Crippen LogP contribution in [0.25, 0.3) is 0 Å². The molecule has 0 amide bonds. The molecule has 2 aliphatic heterocycles. The summed E-state index contributed by atoms with van der Waals surface area (Å²) in [6.07, 6.45) is 1.24. The highest BCUT2D eigenvalue weighted by atomic mass is 35.5. The molecule has 2 aliphatic rings. The Kier molecular flexibility index (Phi) is 5.99. The van der Waals surface area contributed by atoms with E-state index in [2.05, 4.69) is 21.2 Å². The van der Waals surface area contributed by atoms with Gasteiger partial charge in [-0.3, -0.25) is 9.80 Å². The highest BCUT2D eigenvalue weighted by molar-refractivity contribution is 5.85. The Balaban J connectivity index is 0.00000161. The summed E-state index contributed by atoms with van der Waals surface area (Å²) in [4.78, 5) is 5.06. The van der Waals surface area contributed by atoms with Gasteiger partial charge in [0.25, 0.3) is 0 Å². The second-order valence-electron chi connectivity index (χ2n) is 6.05. The van der Waals surface area contributed by atoms with Crippen LogP contribution in [0.4, 0.5) is 4.39 Å². The van der Waals surface area contributed by atoms with Crippen LogP contribution in [0.15, 0.2) is 18.2 Å². The molecule has 3 rings (SSSR count). The molecule has 1 N–H and O–H groups in total. The van der Waals surface area contributed by atoms with E-state index >= 15 is 0 Å². The summed E-state index contributed by atoms with van der Waals surface area (Å²) >= 11 is 0. The summed E-state index contributed by atoms with van der Waals surface area (Å²) in [7, 11) is 0. The fourth-order valence-corrected chi connectivity index (χ4v) is 3.29. The predicted molar refractivity (Wildman–Crippen MR) is 86.5 cm³/mol. The monoisotopic (exact) mass is 313 g/mol. The second-order valence-corrected chi connectivity index (χ2v) is 6.05. The Morgan fingerprint density at radius 3 is 2.71 bits per heavy atom. The molecule has 0 saturated carbocycles. The number of nitrogens with zero attached hydrogens (tertiary/aromatic N) is 2. The first-order chi connectivity index (χ1) is 9.72. The number of rotatable bonds is 3. The van der Waals surface area contributed by atoms with Gasteiger partial charge in [-0.2, -0.15) is 0 Å². The quantitative estimate of drug-likeness (QED) is 0.921. The standard InChI is InChI=1S/C16H24FN3.ClH/c1-13-2-3-14(10-16(13)17)11-19-7-4-15(12-19)20-8-5-18-6-9-20;/h2-3,10,15,18H,4-9,11-12H2,1H3;1H. The highest BCUT2D eigenvalue weighted by Crippen LogP contribution is 2.19. The van der Waals surface area contributed by atoms with Crippen molar-refractivity contribution in [2.75, 3.05) is 39.3 Å². The van der Waals surface area contributed by atoms with E-state index < -0.39 is 0 Å². The first-order valence-corrected chi connectivity index (χ1v) is 7.64. The van der Waals surface area contributed by atoms with Gasteiger partial charge in [0.05, 0.1) is 0 Å². The van der Waals surface area contributed by atoms with Crippen molar-refractivity contribution < 1.29 is 4.39 Å². The minimum absolute atomic E-state index is 0. The van der Waals surface area contributed by atoms with Gasteiger partial charge in [0.1, 0.15) is 5.82 Å². The lowest BCUT2D eigenvalue weighted by Crippen LogP contribution is -2.49. The Morgan fingerprint density at radius 2 is 2.00 bits per heavy atom. The molecule has 2 saturated heterocycles. The summed E-state index contributed by atoms with van der Waals surface area (Å²) in [5, 5.41) is 3.40. The third-order valence-electron chi connectivity index (χ3n) is 4.56. The van der Waals surface area contributed by atoms with E-state index in [-0.39, 0.29) is 18.2 Å². The van der Waals surface area contributed by atoms with E-state index in [0.717, 1.165) is 56.9 Å². The van der Waals surface area contributed by atoms with E-state index in [0.29, 0.717) is 6.04 Å². The van der Waals surface area contributed by atoms with Crippen molar-refractivity contribution in [3.8, 4) is 0 Å². The van der Waals surface area contributed by atoms with Crippen molar-refractivity contribution >= 4 is 12.4 Å². The van der Waals surface area contributed by atoms with E-state index in [9.17, 15) is 4.39 Å². The SMILES string of the molecule is Cc1ccc(CN2CCC(N3CCNCC3)C2)cc1F.Cl. The molecule has 118 valence electrons. The van der Waals surface area contributed by atoms with Crippen LogP contribution in [0.5, 0.6) is 0 Å². The summed E-state index contributed by atoms with van der Waals surface area (Å²) < 4.78 is 13.6. The molecular weight excluding hydrogens is 289 g/mol. The van der Waals surface area contributed by atoms with Crippen molar-refractivity contribution in [3.05, 3.63) is 35.1 Å². The molecule has 0 aliphatic carbocycles. The van der Waals surface area contributed by atoms with Crippen LogP contribution in [-0.4, -0.2) is 55.1 Å². The first-order valence-electron chi connectivity index (χ1n) is 7.64. The van der Waals surface area contributed by atoms with Gasteiger partial charge in [-0.1, -0.05) is 12.1 Å². The molecule has 1 aromatic rings. The fraction of sp³-hybridized carbons (Fsp3) is 0.625. The van der Waals surface area contributed by atoms with Crippen molar-refractivity contribution in [3.63, 3.8) is 0 Å². The lowest BCUT2D eigenvalue weighted by Gasteiger charge is -2.32. The molecule has 1 atom stereocenters. The third kappa shape index (κ3) is 4.16. The zero-order valence-corrected chi connectivity index (χ0v) is 13.5. The van der Waals surface area contributed by atoms with Crippen LogP contribution in [0.3, 0.4) is 0 Å². The lowest BCUT2D eigenvalue weighted by molar-refractivity contribution is 0.170. The molecule has 0 spiro atoms. The number of benzene rings is 1. The van der Waals surface area contributed by atoms with Crippen LogP contribution in [-0.2, 0) is 6.54 Å². The average molecular weight is 314 g/mol. The molecule has 0 bridgehead atoms. The number of aryl methyl sites for hydroxylation is 1. The predicted octanol–water partition coefficient (Wildman–Crippen LogP) is 2.04. The van der Waals surface area contributed by atoms with Crippen LogP contribution in [0, 0.1) is 12.7 Å². The zero-order valence-electron chi connectivity index (χ0n) is 12.6. The average Bonchev–Trinajstić information content (AvgIpc) is 2.92. The summed E-state index contributed by atoms with van der Waals surface area (Å²) in [5.74, 6) is -0.0830. The minimum atomic E-state index is -0.0830. The molecular formula is C16H25ClFN3. The molecule has 21 heavy (non-hydrogen) atoms. The molecule has 1 aromatic carbocycles. The van der Waals surface area contributed by atoms with E-state index in [1.54, 1.807) is 6.07 Å². The van der Waals surface area contributed by atoms with Gasteiger partial charge in [-0.15, -0.1) is 12.4 Å². The number of piperazine rings is 1. The topological polar surface area (TPSA) is 18.5 Å². The minimum Gasteiger partial charge on any atom is -0.314 e. The van der Waals surface area contributed by atoms with Crippen molar-refractivity contribution in [2.24, 2.45) is 0 Å². The number of hydrogen-bond acceptors (Lipinski definition) is 3. The molecule has 0 radical (unpaired) electrons. The normalized spacial score (nSPS) is 24.0. The Bertz CT molecular complexity index is 463. The van der Waals surface area contributed by atoms with E-state index in [1.807, 2.05) is 13.0 Å². The van der Waals surface area contributed by atoms with Gasteiger partial charge < -0.3 is 5.32 Å². The van der Waals surface area contributed by atoms with Crippen LogP contribution >= 0.6 is 12.4 Å². The molecule has 3 nitrogen and oxygen atoms in total. The number of nitrogens with one attached hydrogen (secondary N) is 1. The van der Waals surface area contributed by atoms with Gasteiger partial charge in [0.15, 0.2) is 0 Å². The van der Waals surface area contributed by atoms with Crippen molar-refractivity contribution in [1.82, 2.24) is 15.1 Å². The second kappa shape index (κ2) is 7.54. The van der Waals surface area contributed by atoms with Gasteiger partial charge in [0.2, 0.25) is 0 Å². The zero-order chi connectivity index (χ0) is 13.9.